The number of hydrogen-bond acceptors (Lipinski definition) is 4. The van der Waals surface area contributed by atoms with E-state index in [1.807, 2.05) is 48.5 Å². The van der Waals surface area contributed by atoms with Gasteiger partial charge in [-0.25, -0.2) is 4.98 Å². The van der Waals surface area contributed by atoms with E-state index in [-0.39, 0.29) is 0 Å². The first-order valence-corrected chi connectivity index (χ1v) is 11.0. The number of benzene rings is 4. The minimum absolute atomic E-state index is 0.417. The molecule has 0 unspecified atom stereocenters. The van der Waals surface area contributed by atoms with Crippen LogP contribution in [0.1, 0.15) is 5.69 Å². The fourth-order valence-electron chi connectivity index (χ4n) is 4.33. The molecule has 0 bridgehead atoms. The number of nitriles is 1. The summed E-state index contributed by atoms with van der Waals surface area (Å²) in [4.78, 5) is 6.30. The van der Waals surface area contributed by atoms with Crippen LogP contribution in [-0.2, 0) is 0 Å². The molecule has 6 rings (SSSR count). The lowest BCUT2D eigenvalue weighted by atomic mass is 9.99. The zero-order chi connectivity index (χ0) is 22.9. The van der Waals surface area contributed by atoms with Crippen molar-refractivity contribution >= 4 is 17.1 Å². The number of hydrogen-bond donors (Lipinski definition) is 0. The van der Waals surface area contributed by atoms with Gasteiger partial charge >= 0.3 is 0 Å². The quantitative estimate of drug-likeness (QED) is 0.283. The molecule has 34 heavy (non-hydrogen) atoms. The van der Waals surface area contributed by atoms with Gasteiger partial charge in [-0.3, -0.25) is 0 Å². The Morgan fingerprint density at radius 1 is 0.618 bits per heavy atom. The van der Waals surface area contributed by atoms with E-state index < -0.39 is 0 Å². The summed E-state index contributed by atoms with van der Waals surface area (Å²) in [5.74, 6) is 1.68. The van der Waals surface area contributed by atoms with Crippen LogP contribution in [0.5, 0.6) is 11.5 Å². The summed E-state index contributed by atoms with van der Waals surface area (Å²) in [6.07, 6.45) is 1.67. The molecule has 0 amide bonds. The molecule has 0 saturated carbocycles. The fourth-order valence-corrected chi connectivity index (χ4v) is 4.33. The fraction of sp³-hybridized carbons (Fsp3) is 0. The largest absolute Gasteiger partial charge is 0.453 e. The highest BCUT2D eigenvalue weighted by Crippen LogP contribution is 2.50. The number of ether oxygens (including phenoxy) is 1. The predicted molar refractivity (Wildman–Crippen MR) is 135 cm³/mol. The number of rotatable bonds is 3. The van der Waals surface area contributed by atoms with Gasteiger partial charge in [0.1, 0.15) is 11.8 Å². The third kappa shape index (κ3) is 3.46. The highest BCUT2D eigenvalue weighted by molar-refractivity contribution is 5.87. The molecule has 0 aliphatic carbocycles. The maximum absolute atomic E-state index is 9.13. The van der Waals surface area contributed by atoms with E-state index >= 15 is 0 Å². The zero-order valence-electron chi connectivity index (χ0n) is 18.2. The minimum Gasteiger partial charge on any atom is -0.453 e. The number of para-hydroxylation sites is 4. The van der Waals surface area contributed by atoms with Crippen LogP contribution in [0.2, 0.25) is 0 Å². The topological polar surface area (TPSA) is 49.2 Å². The highest BCUT2D eigenvalue weighted by Gasteiger charge is 2.25. The highest BCUT2D eigenvalue weighted by atomic mass is 16.5. The van der Waals surface area contributed by atoms with Crippen molar-refractivity contribution in [3.05, 3.63) is 121 Å². The van der Waals surface area contributed by atoms with E-state index in [0.717, 1.165) is 50.8 Å². The summed E-state index contributed by atoms with van der Waals surface area (Å²) in [5.41, 5.74) is 7.79. The van der Waals surface area contributed by atoms with Crippen LogP contribution in [-0.4, -0.2) is 4.98 Å². The summed E-state index contributed by atoms with van der Waals surface area (Å²) < 4.78 is 6.15. The second kappa shape index (κ2) is 8.23. The van der Waals surface area contributed by atoms with Gasteiger partial charge in [0.15, 0.2) is 11.5 Å². The predicted octanol–water partition coefficient (Wildman–Crippen LogP) is 7.86. The number of anilines is 3. The van der Waals surface area contributed by atoms with Gasteiger partial charge in [-0.05, 0) is 70.8 Å². The molecule has 0 saturated heterocycles. The Balaban J connectivity index is 1.39. The maximum Gasteiger partial charge on any atom is 0.151 e. The Labute approximate surface area is 198 Å². The lowest BCUT2D eigenvalue weighted by Crippen LogP contribution is -2.15. The van der Waals surface area contributed by atoms with Gasteiger partial charge in [-0.15, -0.1) is 0 Å². The van der Waals surface area contributed by atoms with Crippen molar-refractivity contribution in [2.24, 2.45) is 0 Å². The number of pyridine rings is 1. The summed E-state index contributed by atoms with van der Waals surface area (Å²) in [6, 6.07) is 38.9. The van der Waals surface area contributed by atoms with Gasteiger partial charge in [0.05, 0.1) is 11.4 Å². The molecule has 1 aromatic heterocycles. The Morgan fingerprint density at radius 3 is 1.88 bits per heavy atom. The second-order valence-electron chi connectivity index (χ2n) is 8.04. The SMILES string of the molecule is N#Cc1cc(-c2ccc(-c3cccc(N4c5ccccc5Oc5ccccc54)c3)cc2)ccn1. The molecule has 4 nitrogen and oxygen atoms in total. The smallest absolute Gasteiger partial charge is 0.151 e. The van der Waals surface area contributed by atoms with Crippen molar-refractivity contribution in [3.63, 3.8) is 0 Å². The van der Waals surface area contributed by atoms with Crippen LogP contribution < -0.4 is 9.64 Å². The van der Waals surface area contributed by atoms with Crippen molar-refractivity contribution in [3.8, 4) is 39.8 Å². The average Bonchev–Trinajstić information content (AvgIpc) is 2.92. The maximum atomic E-state index is 9.13. The molecular weight excluding hydrogens is 418 g/mol. The van der Waals surface area contributed by atoms with Crippen LogP contribution >= 0.6 is 0 Å². The second-order valence-corrected chi connectivity index (χ2v) is 8.04. The molecule has 0 atom stereocenters. The first kappa shape index (κ1) is 19.8. The molecule has 0 radical (unpaired) electrons. The van der Waals surface area contributed by atoms with Gasteiger partial charge < -0.3 is 9.64 Å². The van der Waals surface area contributed by atoms with Crippen LogP contribution in [0.15, 0.2) is 115 Å². The molecule has 0 fully saturated rings. The summed E-state index contributed by atoms with van der Waals surface area (Å²) in [5, 5.41) is 9.13. The van der Waals surface area contributed by atoms with E-state index in [9.17, 15) is 0 Å². The van der Waals surface area contributed by atoms with Crippen LogP contribution in [0.25, 0.3) is 22.3 Å². The third-order valence-corrected chi connectivity index (χ3v) is 5.96. The van der Waals surface area contributed by atoms with Gasteiger partial charge in [-0.1, -0.05) is 60.7 Å². The van der Waals surface area contributed by atoms with Crippen molar-refractivity contribution in [2.75, 3.05) is 4.90 Å². The van der Waals surface area contributed by atoms with E-state index in [2.05, 4.69) is 76.6 Å². The third-order valence-electron chi connectivity index (χ3n) is 5.96. The number of fused-ring (bicyclic) bond motifs is 2. The normalized spacial score (nSPS) is 11.7. The average molecular weight is 438 g/mol. The van der Waals surface area contributed by atoms with Crippen molar-refractivity contribution in [2.45, 2.75) is 0 Å². The molecule has 2 heterocycles. The molecule has 1 aliphatic heterocycles. The lowest BCUT2D eigenvalue weighted by Gasteiger charge is -2.33. The van der Waals surface area contributed by atoms with Crippen molar-refractivity contribution < 1.29 is 4.74 Å². The van der Waals surface area contributed by atoms with Crippen LogP contribution in [0.4, 0.5) is 17.1 Å². The van der Waals surface area contributed by atoms with Gasteiger partial charge in [0.2, 0.25) is 0 Å². The monoisotopic (exact) mass is 437 g/mol. The molecule has 4 heteroatoms. The van der Waals surface area contributed by atoms with Crippen LogP contribution in [0.3, 0.4) is 0 Å². The molecule has 0 spiro atoms. The number of aromatic nitrogens is 1. The van der Waals surface area contributed by atoms with E-state index in [4.69, 9.17) is 10.00 Å². The van der Waals surface area contributed by atoms with Gasteiger partial charge in [-0.2, -0.15) is 5.26 Å². The molecule has 160 valence electrons. The van der Waals surface area contributed by atoms with Crippen molar-refractivity contribution in [1.29, 1.82) is 5.26 Å². The number of nitrogens with zero attached hydrogens (tertiary/aromatic N) is 3. The summed E-state index contributed by atoms with van der Waals surface area (Å²) in [6.45, 7) is 0. The lowest BCUT2D eigenvalue weighted by molar-refractivity contribution is 0.477. The Morgan fingerprint density at radius 2 is 1.24 bits per heavy atom. The van der Waals surface area contributed by atoms with E-state index in [1.165, 1.54) is 0 Å². The molecular formula is C30H19N3O. The summed E-state index contributed by atoms with van der Waals surface area (Å²) in [7, 11) is 0. The standard InChI is InChI=1S/C30H19N3O/c31-20-25-18-24(16-17-32-25)22-14-12-21(13-15-22)23-6-5-7-26(19-23)33-27-8-1-3-10-29(27)34-30-11-4-2-9-28(30)33/h1-19H. The van der Waals surface area contributed by atoms with Crippen LogP contribution in [0, 0.1) is 11.3 Å². The summed E-state index contributed by atoms with van der Waals surface area (Å²) >= 11 is 0. The van der Waals surface area contributed by atoms with Gasteiger partial charge in [0.25, 0.3) is 0 Å². The molecule has 1 aliphatic rings. The zero-order valence-corrected chi connectivity index (χ0v) is 18.2. The van der Waals surface area contributed by atoms with E-state index in [0.29, 0.717) is 5.69 Å². The molecule has 4 aromatic carbocycles. The Hall–Kier alpha value is -4.88. The van der Waals surface area contributed by atoms with Gasteiger partial charge in [0, 0.05) is 11.9 Å². The van der Waals surface area contributed by atoms with E-state index in [1.54, 1.807) is 6.20 Å². The molecule has 5 aromatic rings. The first-order chi connectivity index (χ1) is 16.8. The Bertz CT molecular complexity index is 1500. The Kier molecular flexibility index (Phi) is 4.79. The molecule has 0 N–H and O–H groups in total. The van der Waals surface area contributed by atoms with Crippen molar-refractivity contribution in [1.82, 2.24) is 4.98 Å². The first-order valence-electron chi connectivity index (χ1n) is 11.0. The minimum atomic E-state index is 0.417.